The third-order valence-electron chi connectivity index (χ3n) is 4.55. The van der Waals surface area contributed by atoms with Gasteiger partial charge in [-0.3, -0.25) is 9.48 Å². The zero-order chi connectivity index (χ0) is 17.1. The van der Waals surface area contributed by atoms with Crippen LogP contribution in [0.5, 0.6) is 11.5 Å². The molecule has 0 bridgehead atoms. The molecule has 0 saturated carbocycles. The highest BCUT2D eigenvalue weighted by molar-refractivity contribution is 5.92. The Hall–Kier alpha value is -2.54. The summed E-state index contributed by atoms with van der Waals surface area (Å²) in [5.74, 6) is 1.31. The van der Waals surface area contributed by atoms with Crippen molar-refractivity contribution in [2.24, 2.45) is 0 Å². The summed E-state index contributed by atoms with van der Waals surface area (Å²) in [7, 11) is 0. The number of rotatable bonds is 4. The SMILES string of the molecule is O=C(NCc1ccc2c(c1)OCCO2)c1ccn(C2CCCNC2)n1. The number of nitrogens with zero attached hydrogens (tertiary/aromatic N) is 2. The number of carbonyl (C=O) groups is 1. The number of ether oxygens (including phenoxy) is 2. The van der Waals surface area contributed by atoms with Crippen molar-refractivity contribution < 1.29 is 14.3 Å². The van der Waals surface area contributed by atoms with Crippen LogP contribution >= 0.6 is 0 Å². The monoisotopic (exact) mass is 342 g/mol. The molecule has 3 heterocycles. The molecule has 1 amide bonds. The van der Waals surface area contributed by atoms with Crippen molar-refractivity contribution in [1.82, 2.24) is 20.4 Å². The summed E-state index contributed by atoms with van der Waals surface area (Å²) in [6.45, 7) is 3.51. The molecule has 132 valence electrons. The van der Waals surface area contributed by atoms with E-state index in [4.69, 9.17) is 9.47 Å². The zero-order valence-electron chi connectivity index (χ0n) is 14.0. The molecule has 0 aliphatic carbocycles. The average molecular weight is 342 g/mol. The van der Waals surface area contributed by atoms with E-state index in [0.717, 1.165) is 43.0 Å². The van der Waals surface area contributed by atoms with Gasteiger partial charge in [-0.05, 0) is 43.1 Å². The summed E-state index contributed by atoms with van der Waals surface area (Å²) in [6.07, 6.45) is 4.11. The van der Waals surface area contributed by atoms with Crippen LogP contribution in [0.4, 0.5) is 0 Å². The second kappa shape index (κ2) is 7.14. The van der Waals surface area contributed by atoms with E-state index >= 15 is 0 Å². The van der Waals surface area contributed by atoms with Gasteiger partial charge in [0.1, 0.15) is 18.9 Å². The molecule has 1 atom stereocenters. The fourth-order valence-corrected chi connectivity index (χ4v) is 3.19. The molecular weight excluding hydrogens is 320 g/mol. The molecule has 2 aliphatic heterocycles. The van der Waals surface area contributed by atoms with Gasteiger partial charge in [0.15, 0.2) is 11.5 Å². The van der Waals surface area contributed by atoms with Crippen LogP contribution in [-0.4, -0.2) is 42.0 Å². The largest absolute Gasteiger partial charge is 0.486 e. The van der Waals surface area contributed by atoms with Crippen LogP contribution in [0.15, 0.2) is 30.5 Å². The van der Waals surface area contributed by atoms with Gasteiger partial charge in [-0.2, -0.15) is 5.10 Å². The van der Waals surface area contributed by atoms with Crippen molar-refractivity contribution in [1.29, 1.82) is 0 Å². The predicted molar refractivity (Wildman–Crippen MR) is 92.0 cm³/mol. The maximum atomic E-state index is 12.3. The number of aromatic nitrogens is 2. The molecule has 1 aromatic heterocycles. The molecule has 1 aromatic carbocycles. The van der Waals surface area contributed by atoms with Gasteiger partial charge in [-0.15, -0.1) is 0 Å². The lowest BCUT2D eigenvalue weighted by Crippen LogP contribution is -2.32. The van der Waals surface area contributed by atoms with Crippen molar-refractivity contribution in [2.75, 3.05) is 26.3 Å². The minimum Gasteiger partial charge on any atom is -0.486 e. The van der Waals surface area contributed by atoms with E-state index in [-0.39, 0.29) is 5.91 Å². The Morgan fingerprint density at radius 2 is 2.16 bits per heavy atom. The first-order chi connectivity index (χ1) is 12.3. The van der Waals surface area contributed by atoms with E-state index in [0.29, 0.717) is 31.5 Å². The minimum absolute atomic E-state index is 0.169. The summed E-state index contributed by atoms with van der Waals surface area (Å²) >= 11 is 0. The van der Waals surface area contributed by atoms with E-state index in [1.165, 1.54) is 0 Å². The third-order valence-corrected chi connectivity index (χ3v) is 4.55. The summed E-state index contributed by atoms with van der Waals surface area (Å²) in [4.78, 5) is 12.3. The maximum absolute atomic E-state index is 12.3. The van der Waals surface area contributed by atoms with Crippen molar-refractivity contribution in [2.45, 2.75) is 25.4 Å². The normalized spacial score (nSPS) is 19.4. The number of nitrogens with one attached hydrogen (secondary N) is 2. The van der Waals surface area contributed by atoms with Gasteiger partial charge in [-0.1, -0.05) is 6.07 Å². The van der Waals surface area contributed by atoms with E-state index < -0.39 is 0 Å². The number of piperidine rings is 1. The number of fused-ring (bicyclic) bond motifs is 1. The van der Waals surface area contributed by atoms with Crippen LogP contribution < -0.4 is 20.1 Å². The van der Waals surface area contributed by atoms with E-state index in [2.05, 4.69) is 15.7 Å². The van der Waals surface area contributed by atoms with Crippen LogP contribution in [0.2, 0.25) is 0 Å². The molecule has 0 radical (unpaired) electrons. The molecule has 2 N–H and O–H groups in total. The second-order valence-corrected chi connectivity index (χ2v) is 6.34. The number of benzene rings is 1. The van der Waals surface area contributed by atoms with Crippen LogP contribution in [0.3, 0.4) is 0 Å². The van der Waals surface area contributed by atoms with Crippen molar-refractivity contribution in [3.63, 3.8) is 0 Å². The van der Waals surface area contributed by atoms with Gasteiger partial charge in [0.05, 0.1) is 6.04 Å². The van der Waals surface area contributed by atoms with Crippen molar-refractivity contribution >= 4 is 5.91 Å². The first-order valence-electron chi connectivity index (χ1n) is 8.72. The number of hydrogen-bond acceptors (Lipinski definition) is 5. The van der Waals surface area contributed by atoms with Crippen molar-refractivity contribution in [3.8, 4) is 11.5 Å². The lowest BCUT2D eigenvalue weighted by molar-refractivity contribution is 0.0944. The highest BCUT2D eigenvalue weighted by atomic mass is 16.6. The highest BCUT2D eigenvalue weighted by Gasteiger charge is 2.18. The Labute approximate surface area is 146 Å². The second-order valence-electron chi connectivity index (χ2n) is 6.34. The minimum atomic E-state index is -0.169. The Morgan fingerprint density at radius 1 is 1.28 bits per heavy atom. The number of hydrogen-bond donors (Lipinski definition) is 2. The van der Waals surface area contributed by atoms with Gasteiger partial charge in [-0.25, -0.2) is 0 Å². The molecule has 7 heteroatoms. The first-order valence-corrected chi connectivity index (χ1v) is 8.72. The molecule has 2 aliphatic rings. The average Bonchev–Trinajstić information content (AvgIpc) is 3.17. The van der Waals surface area contributed by atoms with E-state index in [9.17, 15) is 4.79 Å². The molecule has 2 aromatic rings. The third kappa shape index (κ3) is 3.61. The maximum Gasteiger partial charge on any atom is 0.272 e. The van der Waals surface area contributed by atoms with Gasteiger partial charge in [0.25, 0.3) is 5.91 Å². The predicted octanol–water partition coefficient (Wildman–Crippen LogP) is 1.51. The summed E-state index contributed by atoms with van der Waals surface area (Å²) in [5.41, 5.74) is 1.41. The van der Waals surface area contributed by atoms with Crippen LogP contribution in [0.1, 0.15) is 34.9 Å². The lowest BCUT2D eigenvalue weighted by atomic mass is 10.1. The Kier molecular flexibility index (Phi) is 4.56. The Balaban J connectivity index is 1.36. The van der Waals surface area contributed by atoms with E-state index in [1.807, 2.05) is 29.1 Å². The van der Waals surface area contributed by atoms with Crippen molar-refractivity contribution in [3.05, 3.63) is 41.7 Å². The Bertz CT molecular complexity index is 753. The van der Waals surface area contributed by atoms with Gasteiger partial charge < -0.3 is 20.1 Å². The Morgan fingerprint density at radius 3 is 3.00 bits per heavy atom. The standard InChI is InChI=1S/C18H22N4O3/c23-18(15-5-7-22(21-15)14-2-1-6-19-12-14)20-11-13-3-4-16-17(10-13)25-9-8-24-16/h3-5,7,10,14,19H,1-2,6,8-9,11-12H2,(H,20,23). The lowest BCUT2D eigenvalue weighted by Gasteiger charge is -2.22. The zero-order valence-corrected chi connectivity index (χ0v) is 14.0. The molecule has 4 rings (SSSR count). The molecule has 1 saturated heterocycles. The van der Waals surface area contributed by atoms with Gasteiger partial charge in [0.2, 0.25) is 0 Å². The fraction of sp³-hybridized carbons (Fsp3) is 0.444. The highest BCUT2D eigenvalue weighted by Crippen LogP contribution is 2.30. The summed E-state index contributed by atoms with van der Waals surface area (Å²) in [6, 6.07) is 7.81. The molecule has 0 spiro atoms. The van der Waals surface area contributed by atoms with Crippen LogP contribution in [0.25, 0.3) is 0 Å². The van der Waals surface area contributed by atoms with Gasteiger partial charge >= 0.3 is 0 Å². The van der Waals surface area contributed by atoms with Crippen LogP contribution in [-0.2, 0) is 6.54 Å². The van der Waals surface area contributed by atoms with E-state index in [1.54, 1.807) is 6.07 Å². The summed E-state index contributed by atoms with van der Waals surface area (Å²) in [5, 5.41) is 10.7. The quantitative estimate of drug-likeness (QED) is 0.881. The molecular formula is C18H22N4O3. The van der Waals surface area contributed by atoms with Crippen LogP contribution in [0, 0.1) is 0 Å². The topological polar surface area (TPSA) is 77.4 Å². The van der Waals surface area contributed by atoms with Gasteiger partial charge in [0, 0.05) is 19.3 Å². The molecule has 1 unspecified atom stereocenters. The molecule has 25 heavy (non-hydrogen) atoms. The molecule has 1 fully saturated rings. The molecule has 7 nitrogen and oxygen atoms in total. The fourth-order valence-electron chi connectivity index (χ4n) is 3.19. The summed E-state index contributed by atoms with van der Waals surface area (Å²) < 4.78 is 13.0. The first kappa shape index (κ1) is 16.0. The number of carbonyl (C=O) groups excluding carboxylic acids is 1. The smallest absolute Gasteiger partial charge is 0.272 e. The number of amides is 1.